The quantitative estimate of drug-likeness (QED) is 0.494. The second-order valence-electron chi connectivity index (χ2n) is 11.6. The maximum absolute atomic E-state index is 13.8. The highest BCUT2D eigenvalue weighted by Crippen LogP contribution is 2.41. The predicted molar refractivity (Wildman–Crippen MR) is 141 cm³/mol. The molecular formula is C30H40N2O4. The van der Waals surface area contributed by atoms with Gasteiger partial charge in [-0.2, -0.15) is 0 Å². The van der Waals surface area contributed by atoms with Gasteiger partial charge in [0.05, 0.1) is 24.6 Å². The first-order valence-corrected chi connectivity index (χ1v) is 13.1. The van der Waals surface area contributed by atoms with Crippen molar-refractivity contribution in [2.75, 3.05) is 6.54 Å². The van der Waals surface area contributed by atoms with Gasteiger partial charge in [-0.05, 0) is 83.6 Å². The summed E-state index contributed by atoms with van der Waals surface area (Å²) in [6, 6.07) is 16.1. The summed E-state index contributed by atoms with van der Waals surface area (Å²) in [5.74, 6) is 1.28. The number of fused-ring (bicyclic) bond motifs is 2. The highest BCUT2D eigenvalue weighted by Gasteiger charge is 2.50. The minimum absolute atomic E-state index is 0.0129. The van der Waals surface area contributed by atoms with Crippen LogP contribution in [0.25, 0.3) is 0 Å². The van der Waals surface area contributed by atoms with Crippen molar-refractivity contribution in [2.24, 2.45) is 5.92 Å². The summed E-state index contributed by atoms with van der Waals surface area (Å²) in [5.41, 5.74) is 2.70. The first-order valence-electron chi connectivity index (χ1n) is 13.1. The Morgan fingerprint density at radius 1 is 1.00 bits per heavy atom. The van der Waals surface area contributed by atoms with Crippen molar-refractivity contribution in [3.8, 4) is 5.75 Å². The zero-order valence-corrected chi connectivity index (χ0v) is 22.5. The number of rotatable bonds is 7. The van der Waals surface area contributed by atoms with Crippen LogP contribution in [0.2, 0.25) is 0 Å². The van der Waals surface area contributed by atoms with Crippen molar-refractivity contribution in [2.45, 2.75) is 91.1 Å². The lowest BCUT2D eigenvalue weighted by molar-refractivity contribution is -0.135. The molecule has 1 saturated carbocycles. The Morgan fingerprint density at radius 3 is 2.22 bits per heavy atom. The van der Waals surface area contributed by atoms with E-state index in [4.69, 9.17) is 9.47 Å². The zero-order valence-electron chi connectivity index (χ0n) is 22.5. The maximum Gasteiger partial charge on any atom is 0.410 e. The van der Waals surface area contributed by atoms with Gasteiger partial charge in [0.25, 0.3) is 0 Å². The first kappa shape index (κ1) is 26.1. The van der Waals surface area contributed by atoms with Crippen LogP contribution >= 0.6 is 0 Å². The van der Waals surface area contributed by atoms with E-state index in [-0.39, 0.29) is 30.2 Å². The third-order valence-corrected chi connectivity index (χ3v) is 6.92. The summed E-state index contributed by atoms with van der Waals surface area (Å²) in [5, 5.41) is 0. The number of carbonyl (C=O) groups excluding carboxylic acids is 2. The van der Waals surface area contributed by atoms with E-state index in [0.29, 0.717) is 25.4 Å². The molecule has 1 saturated heterocycles. The molecule has 2 amide bonds. The number of piperidine rings is 1. The van der Waals surface area contributed by atoms with Crippen LogP contribution in [0.5, 0.6) is 5.75 Å². The molecule has 2 bridgehead atoms. The highest BCUT2D eigenvalue weighted by atomic mass is 16.6. The van der Waals surface area contributed by atoms with E-state index in [0.717, 1.165) is 29.7 Å². The van der Waals surface area contributed by atoms with Crippen molar-refractivity contribution >= 4 is 12.0 Å². The molecule has 1 heterocycles. The lowest BCUT2D eigenvalue weighted by atomic mass is 10.0. The minimum Gasteiger partial charge on any atom is -0.491 e. The predicted octanol–water partition coefficient (Wildman–Crippen LogP) is 5.75. The standard InChI is InChI=1S/C30H40N2O4/c1-20(2)35-25-13-11-22(12-14-25)17-28(33)31(18-23-9-7-21(3)8-10-23)26-15-24-16-27(26)32(19-24)29(34)36-30(4,5)6/h7-14,20,24,26-27H,15-19H2,1-6H3/t24-,26+,27-/m0/s1. The highest BCUT2D eigenvalue weighted by molar-refractivity contribution is 5.79. The van der Waals surface area contributed by atoms with Crippen molar-refractivity contribution in [1.82, 2.24) is 9.80 Å². The van der Waals surface area contributed by atoms with Gasteiger partial charge in [-0.1, -0.05) is 42.0 Å². The topological polar surface area (TPSA) is 59.1 Å². The van der Waals surface area contributed by atoms with Crippen molar-refractivity contribution < 1.29 is 19.1 Å². The number of likely N-dealkylation sites (tertiary alicyclic amines) is 1. The van der Waals surface area contributed by atoms with Gasteiger partial charge >= 0.3 is 6.09 Å². The molecule has 36 heavy (non-hydrogen) atoms. The molecule has 0 spiro atoms. The molecule has 2 aromatic carbocycles. The molecule has 4 rings (SSSR count). The Hall–Kier alpha value is -3.02. The largest absolute Gasteiger partial charge is 0.491 e. The third-order valence-electron chi connectivity index (χ3n) is 6.92. The van der Waals surface area contributed by atoms with Crippen LogP contribution in [-0.4, -0.2) is 52.1 Å². The van der Waals surface area contributed by atoms with Gasteiger partial charge in [0.2, 0.25) is 5.91 Å². The molecule has 1 aliphatic heterocycles. The molecule has 3 atom stereocenters. The monoisotopic (exact) mass is 492 g/mol. The SMILES string of the molecule is Cc1ccc(CN(C(=O)Cc2ccc(OC(C)C)cc2)[C@@H]2C[C@H]3C[C@@H]2N(C(=O)OC(C)(C)C)C3)cc1. The van der Waals surface area contributed by atoms with Crippen LogP contribution in [0.3, 0.4) is 0 Å². The van der Waals surface area contributed by atoms with E-state index in [1.807, 2.05) is 68.7 Å². The number of hydrogen-bond donors (Lipinski definition) is 0. The lowest BCUT2D eigenvalue weighted by Gasteiger charge is -2.40. The Balaban J connectivity index is 1.54. The smallest absolute Gasteiger partial charge is 0.410 e. The van der Waals surface area contributed by atoms with Crippen LogP contribution in [-0.2, 0) is 22.5 Å². The molecule has 6 heteroatoms. The average Bonchev–Trinajstić information content (AvgIpc) is 3.40. The summed E-state index contributed by atoms with van der Waals surface area (Å²) in [7, 11) is 0. The second-order valence-corrected chi connectivity index (χ2v) is 11.6. The second kappa shape index (κ2) is 10.5. The summed E-state index contributed by atoms with van der Waals surface area (Å²) in [6.45, 7) is 13.0. The van der Waals surface area contributed by atoms with Crippen LogP contribution in [0.1, 0.15) is 64.2 Å². The van der Waals surface area contributed by atoms with Gasteiger partial charge < -0.3 is 19.3 Å². The van der Waals surface area contributed by atoms with E-state index in [1.165, 1.54) is 5.56 Å². The fourth-order valence-corrected chi connectivity index (χ4v) is 5.37. The van der Waals surface area contributed by atoms with E-state index in [1.54, 1.807) is 0 Å². The van der Waals surface area contributed by atoms with Gasteiger partial charge in [-0.25, -0.2) is 4.79 Å². The zero-order chi connectivity index (χ0) is 26.0. The van der Waals surface area contributed by atoms with Gasteiger partial charge in [0.15, 0.2) is 0 Å². The molecule has 2 aromatic rings. The Kier molecular flexibility index (Phi) is 7.62. The molecule has 2 fully saturated rings. The molecule has 6 nitrogen and oxygen atoms in total. The van der Waals surface area contributed by atoms with E-state index in [2.05, 4.69) is 31.2 Å². The van der Waals surface area contributed by atoms with Gasteiger partial charge in [-0.3, -0.25) is 4.79 Å². The van der Waals surface area contributed by atoms with E-state index < -0.39 is 5.60 Å². The number of hydrogen-bond acceptors (Lipinski definition) is 4. The van der Waals surface area contributed by atoms with Crippen molar-refractivity contribution in [3.63, 3.8) is 0 Å². The summed E-state index contributed by atoms with van der Waals surface area (Å²) < 4.78 is 11.4. The van der Waals surface area contributed by atoms with Gasteiger partial charge in [-0.15, -0.1) is 0 Å². The molecule has 0 N–H and O–H groups in total. The lowest BCUT2D eigenvalue weighted by Crippen LogP contribution is -2.54. The molecular weight excluding hydrogens is 452 g/mol. The number of ether oxygens (including phenoxy) is 2. The van der Waals surface area contributed by atoms with Crippen LogP contribution in [0, 0.1) is 12.8 Å². The first-order chi connectivity index (χ1) is 17.0. The van der Waals surface area contributed by atoms with E-state index >= 15 is 0 Å². The van der Waals surface area contributed by atoms with Crippen LogP contribution < -0.4 is 4.74 Å². The maximum atomic E-state index is 13.8. The molecule has 0 radical (unpaired) electrons. The molecule has 0 aromatic heterocycles. The summed E-state index contributed by atoms with van der Waals surface area (Å²) in [4.78, 5) is 30.6. The Labute approximate surface area is 215 Å². The Morgan fingerprint density at radius 2 is 1.64 bits per heavy atom. The number of nitrogens with zero attached hydrogens (tertiary/aromatic N) is 2. The third kappa shape index (κ3) is 6.40. The van der Waals surface area contributed by atoms with E-state index in [9.17, 15) is 9.59 Å². The van der Waals surface area contributed by atoms with Crippen molar-refractivity contribution in [1.29, 1.82) is 0 Å². The molecule has 2 aliphatic rings. The minimum atomic E-state index is -0.544. The Bertz CT molecular complexity index is 1060. The fraction of sp³-hybridized carbons (Fsp3) is 0.533. The molecule has 194 valence electrons. The van der Waals surface area contributed by atoms with Crippen LogP contribution in [0.4, 0.5) is 4.79 Å². The fourth-order valence-electron chi connectivity index (χ4n) is 5.37. The molecule has 0 unspecified atom stereocenters. The number of benzene rings is 2. The summed E-state index contributed by atoms with van der Waals surface area (Å²) >= 11 is 0. The van der Waals surface area contributed by atoms with Gasteiger partial charge in [0.1, 0.15) is 11.4 Å². The van der Waals surface area contributed by atoms with Gasteiger partial charge in [0, 0.05) is 13.1 Å². The normalized spacial score (nSPS) is 21.1. The average molecular weight is 493 g/mol. The molecule has 1 aliphatic carbocycles. The van der Waals surface area contributed by atoms with Crippen LogP contribution in [0.15, 0.2) is 48.5 Å². The van der Waals surface area contributed by atoms with Crippen molar-refractivity contribution in [3.05, 3.63) is 65.2 Å². The summed E-state index contributed by atoms with van der Waals surface area (Å²) in [6.07, 6.45) is 1.98. The number of aryl methyl sites for hydroxylation is 1. The number of amides is 2. The number of carbonyl (C=O) groups is 2.